The summed E-state index contributed by atoms with van der Waals surface area (Å²) < 4.78 is 16.9. The minimum absolute atomic E-state index is 0.164. The number of carbonyl (C=O) groups is 1. The number of morpholine rings is 1. The van der Waals surface area contributed by atoms with Crippen molar-refractivity contribution in [1.82, 2.24) is 30.2 Å². The Morgan fingerprint density at radius 2 is 2.08 bits per heavy atom. The summed E-state index contributed by atoms with van der Waals surface area (Å²) in [5.41, 5.74) is 5.27. The van der Waals surface area contributed by atoms with Crippen LogP contribution in [0.25, 0.3) is 22.3 Å². The Labute approximate surface area is 229 Å². The lowest BCUT2D eigenvalue weighted by Crippen LogP contribution is -2.38. The molecule has 0 spiro atoms. The van der Waals surface area contributed by atoms with Crippen LogP contribution in [0.5, 0.6) is 11.8 Å². The summed E-state index contributed by atoms with van der Waals surface area (Å²) in [6.45, 7) is 5.00. The van der Waals surface area contributed by atoms with Crippen LogP contribution in [-0.2, 0) is 11.2 Å². The molecule has 5 heterocycles. The number of anilines is 2. The third-order valence-corrected chi connectivity index (χ3v) is 7.16. The maximum absolute atomic E-state index is 13.0. The van der Waals surface area contributed by atoms with Crippen molar-refractivity contribution in [2.45, 2.75) is 6.42 Å². The first-order valence-corrected chi connectivity index (χ1v) is 13.2. The number of halogens is 1. The molecule has 12 heteroatoms. The highest BCUT2D eigenvalue weighted by atomic mass is 35.5. The number of methoxy groups -OCH3 is 1. The van der Waals surface area contributed by atoms with E-state index in [9.17, 15) is 4.79 Å². The number of para-hydroxylation sites is 1. The van der Waals surface area contributed by atoms with Crippen LogP contribution in [0.15, 0.2) is 36.7 Å². The molecule has 2 aliphatic rings. The molecule has 0 aliphatic carbocycles. The van der Waals surface area contributed by atoms with Crippen LogP contribution < -0.4 is 20.1 Å². The van der Waals surface area contributed by atoms with Crippen molar-refractivity contribution < 1.29 is 19.0 Å². The van der Waals surface area contributed by atoms with Gasteiger partial charge in [0.15, 0.2) is 5.75 Å². The minimum atomic E-state index is -0.164. The van der Waals surface area contributed by atoms with Gasteiger partial charge in [0.1, 0.15) is 17.6 Å². The van der Waals surface area contributed by atoms with Crippen LogP contribution in [0.2, 0.25) is 5.02 Å². The molecular formula is C27H28ClN7O4. The third-order valence-electron chi connectivity index (χ3n) is 6.87. The first-order chi connectivity index (χ1) is 19.1. The van der Waals surface area contributed by atoms with Crippen LogP contribution in [0.3, 0.4) is 0 Å². The average molecular weight is 550 g/mol. The van der Waals surface area contributed by atoms with Crippen molar-refractivity contribution in [3.63, 3.8) is 0 Å². The van der Waals surface area contributed by atoms with Gasteiger partial charge in [-0.2, -0.15) is 4.98 Å². The Morgan fingerprint density at radius 3 is 2.92 bits per heavy atom. The van der Waals surface area contributed by atoms with Gasteiger partial charge in [-0.25, -0.2) is 4.98 Å². The number of nitrogens with zero attached hydrogens (tertiary/aromatic N) is 4. The largest absolute Gasteiger partial charge is 0.493 e. The number of hydrogen-bond acceptors (Lipinski definition) is 9. The monoisotopic (exact) mass is 549 g/mol. The van der Waals surface area contributed by atoms with E-state index < -0.39 is 0 Å². The Balaban J connectivity index is 1.39. The van der Waals surface area contributed by atoms with Crippen LogP contribution in [0.1, 0.15) is 16.1 Å². The molecule has 1 saturated heterocycles. The van der Waals surface area contributed by atoms with Gasteiger partial charge in [0, 0.05) is 50.1 Å². The summed E-state index contributed by atoms with van der Waals surface area (Å²) in [6.07, 6.45) is 4.01. The summed E-state index contributed by atoms with van der Waals surface area (Å²) >= 11 is 6.38. The molecule has 0 bridgehead atoms. The zero-order valence-electron chi connectivity index (χ0n) is 21.4. The van der Waals surface area contributed by atoms with Crippen LogP contribution in [0.4, 0.5) is 11.4 Å². The van der Waals surface area contributed by atoms with Gasteiger partial charge >= 0.3 is 6.01 Å². The number of aromatic nitrogens is 4. The lowest BCUT2D eigenvalue weighted by molar-refractivity contribution is 0.0317. The fraction of sp³-hybridized carbons (Fsp3) is 0.333. The van der Waals surface area contributed by atoms with E-state index in [4.69, 9.17) is 30.8 Å². The highest BCUT2D eigenvalue weighted by molar-refractivity contribution is 6.32. The van der Waals surface area contributed by atoms with Crippen molar-refractivity contribution >= 4 is 39.9 Å². The number of pyridine rings is 1. The lowest BCUT2D eigenvalue weighted by Gasteiger charge is -2.26. The molecule has 1 fully saturated rings. The second-order valence-corrected chi connectivity index (χ2v) is 9.63. The Hall–Kier alpha value is -3.93. The molecule has 1 amide bonds. The van der Waals surface area contributed by atoms with Crippen LogP contribution >= 0.6 is 11.6 Å². The normalized spacial score (nSPS) is 15.6. The fourth-order valence-electron chi connectivity index (χ4n) is 4.94. The van der Waals surface area contributed by atoms with E-state index in [2.05, 4.69) is 30.5 Å². The number of fused-ring (bicyclic) bond motifs is 2. The van der Waals surface area contributed by atoms with Crippen molar-refractivity contribution in [3.05, 3.63) is 52.9 Å². The molecule has 202 valence electrons. The van der Waals surface area contributed by atoms with E-state index in [-0.39, 0.29) is 11.9 Å². The van der Waals surface area contributed by atoms with E-state index in [1.165, 1.54) is 0 Å². The second kappa shape index (κ2) is 11.0. The number of benzene rings is 1. The zero-order chi connectivity index (χ0) is 26.8. The molecule has 1 aromatic carbocycles. The van der Waals surface area contributed by atoms with Gasteiger partial charge in [-0.3, -0.25) is 14.7 Å². The molecule has 3 aromatic heterocycles. The number of amides is 1. The van der Waals surface area contributed by atoms with E-state index in [0.717, 1.165) is 44.1 Å². The Bertz CT molecular complexity index is 1520. The number of hydrogen-bond donors (Lipinski definition) is 3. The van der Waals surface area contributed by atoms with E-state index in [1.807, 2.05) is 18.2 Å². The maximum atomic E-state index is 13.0. The van der Waals surface area contributed by atoms with Gasteiger partial charge in [-0.1, -0.05) is 17.7 Å². The smallest absolute Gasteiger partial charge is 0.317 e. The summed E-state index contributed by atoms with van der Waals surface area (Å²) in [7, 11) is 1.56. The van der Waals surface area contributed by atoms with E-state index >= 15 is 0 Å². The molecule has 3 N–H and O–H groups in total. The van der Waals surface area contributed by atoms with Gasteiger partial charge in [-0.15, -0.1) is 0 Å². The van der Waals surface area contributed by atoms with Gasteiger partial charge < -0.3 is 29.8 Å². The molecule has 11 nitrogen and oxygen atoms in total. The fourth-order valence-corrected chi connectivity index (χ4v) is 5.19. The number of rotatable bonds is 8. The van der Waals surface area contributed by atoms with Gasteiger partial charge in [0.25, 0.3) is 5.91 Å². The molecule has 6 rings (SSSR count). The average Bonchev–Trinajstić information content (AvgIpc) is 3.32. The summed E-state index contributed by atoms with van der Waals surface area (Å²) in [4.78, 5) is 32.3. The number of H-pyrrole nitrogens is 1. The molecule has 0 radical (unpaired) electrons. The summed E-state index contributed by atoms with van der Waals surface area (Å²) in [5.74, 6) is 0.316. The van der Waals surface area contributed by atoms with E-state index in [0.29, 0.717) is 64.0 Å². The van der Waals surface area contributed by atoms with Gasteiger partial charge in [0.2, 0.25) is 0 Å². The molecule has 0 unspecified atom stereocenters. The lowest BCUT2D eigenvalue weighted by atomic mass is 10.0. The van der Waals surface area contributed by atoms with Crippen molar-refractivity contribution in [2.24, 2.45) is 0 Å². The molecule has 0 saturated carbocycles. The van der Waals surface area contributed by atoms with Crippen molar-refractivity contribution in [2.75, 3.05) is 58.4 Å². The highest BCUT2D eigenvalue weighted by Gasteiger charge is 2.28. The number of aromatic amines is 1. The predicted molar refractivity (Wildman–Crippen MR) is 147 cm³/mol. The van der Waals surface area contributed by atoms with Gasteiger partial charge in [-0.05, 0) is 18.2 Å². The quantitative estimate of drug-likeness (QED) is 0.303. The third kappa shape index (κ3) is 5.08. The van der Waals surface area contributed by atoms with Crippen LogP contribution in [0, 0.1) is 0 Å². The summed E-state index contributed by atoms with van der Waals surface area (Å²) in [6, 6.07) is 7.55. The van der Waals surface area contributed by atoms with Gasteiger partial charge in [0.05, 0.1) is 54.2 Å². The standard InChI is InChI=1S/C27H28ClN7O4/c1-37-25-17(28)3-2-4-19(25)33-24-21-18(6-8-30-26(21)36)32-23(24)16-5-7-29-20-15-31-27(34-22(16)20)39-14-11-35-9-12-38-13-10-35/h2-5,7,15,32-33H,6,8-14H2,1H3,(H,30,36). The Morgan fingerprint density at radius 1 is 1.21 bits per heavy atom. The molecule has 2 aliphatic heterocycles. The van der Waals surface area contributed by atoms with E-state index in [1.54, 1.807) is 25.6 Å². The number of nitrogens with one attached hydrogen (secondary N) is 3. The molecule has 39 heavy (non-hydrogen) atoms. The molecular weight excluding hydrogens is 522 g/mol. The van der Waals surface area contributed by atoms with Crippen LogP contribution in [-0.4, -0.2) is 83.9 Å². The van der Waals surface area contributed by atoms with Crippen molar-refractivity contribution in [3.8, 4) is 23.0 Å². The minimum Gasteiger partial charge on any atom is -0.493 e. The number of ether oxygens (including phenoxy) is 3. The maximum Gasteiger partial charge on any atom is 0.317 e. The number of carbonyl (C=O) groups excluding carboxylic acids is 1. The predicted octanol–water partition coefficient (Wildman–Crippen LogP) is 3.42. The second-order valence-electron chi connectivity index (χ2n) is 9.23. The molecule has 4 aromatic rings. The zero-order valence-corrected chi connectivity index (χ0v) is 22.2. The Kier molecular flexibility index (Phi) is 7.18. The first kappa shape index (κ1) is 25.4. The summed E-state index contributed by atoms with van der Waals surface area (Å²) in [5, 5.41) is 6.80. The molecule has 0 atom stereocenters. The topological polar surface area (TPSA) is 127 Å². The highest BCUT2D eigenvalue weighted by Crippen LogP contribution is 2.42. The van der Waals surface area contributed by atoms with Crippen molar-refractivity contribution in [1.29, 1.82) is 0 Å². The first-order valence-electron chi connectivity index (χ1n) is 12.8. The SMILES string of the molecule is COc1c(Cl)cccc1Nc1c(-c2ccnc3cnc(OCCN4CCOCC4)nc23)[nH]c2c1C(=O)NCC2.